The van der Waals surface area contributed by atoms with Crippen LogP contribution in [0.25, 0.3) is 16.9 Å². The van der Waals surface area contributed by atoms with Gasteiger partial charge in [-0.05, 0) is 79.3 Å². The SMILES string of the molecule is Cc1cccn2cc(-c3ccc(CC(CCO)NC(=O)c4ccc(N(CCc5ccccc5Cl)S(=O)O)cc4)cc3)nc12. The number of nitrogens with one attached hydrogen (secondary N) is 1. The summed E-state index contributed by atoms with van der Waals surface area (Å²) in [7, 11) is 0. The van der Waals surface area contributed by atoms with Gasteiger partial charge in [0.15, 0.2) is 0 Å². The molecule has 8 nitrogen and oxygen atoms in total. The van der Waals surface area contributed by atoms with Crippen molar-refractivity contribution >= 4 is 40.1 Å². The number of amides is 1. The van der Waals surface area contributed by atoms with Crippen molar-refractivity contribution < 1.29 is 18.7 Å². The van der Waals surface area contributed by atoms with Crippen LogP contribution in [0.15, 0.2) is 97.3 Å². The summed E-state index contributed by atoms with van der Waals surface area (Å²) in [5, 5.41) is 13.3. The first kappa shape index (κ1) is 30.4. The lowest BCUT2D eigenvalue weighted by atomic mass is 10.0. The number of aliphatic hydroxyl groups is 1. The van der Waals surface area contributed by atoms with Gasteiger partial charge in [0.05, 0.1) is 11.4 Å². The molecule has 0 radical (unpaired) electrons. The number of carbonyl (C=O) groups is 1. The average molecular weight is 617 g/mol. The highest BCUT2D eigenvalue weighted by atomic mass is 35.5. The van der Waals surface area contributed by atoms with Gasteiger partial charge in [-0.25, -0.2) is 9.19 Å². The smallest absolute Gasteiger partial charge is 0.261 e. The molecule has 0 aliphatic rings. The van der Waals surface area contributed by atoms with E-state index in [0.29, 0.717) is 35.5 Å². The van der Waals surface area contributed by atoms with E-state index in [0.717, 1.165) is 33.6 Å². The summed E-state index contributed by atoms with van der Waals surface area (Å²) < 4.78 is 25.3. The van der Waals surface area contributed by atoms with E-state index in [1.54, 1.807) is 30.3 Å². The zero-order valence-corrected chi connectivity index (χ0v) is 25.3. The fraction of sp³-hybridized carbons (Fsp3) is 0.212. The summed E-state index contributed by atoms with van der Waals surface area (Å²) in [5.41, 5.74) is 6.75. The molecule has 0 fully saturated rings. The third-order valence-corrected chi connectivity index (χ3v) is 8.51. The predicted octanol–water partition coefficient (Wildman–Crippen LogP) is 5.87. The number of fused-ring (bicyclic) bond motifs is 1. The second-order valence-corrected chi connectivity index (χ2v) is 11.7. The number of hydrogen-bond acceptors (Lipinski definition) is 4. The van der Waals surface area contributed by atoms with Crippen LogP contribution in [-0.4, -0.2) is 48.4 Å². The third kappa shape index (κ3) is 7.50. The van der Waals surface area contributed by atoms with E-state index >= 15 is 0 Å². The number of halogens is 1. The number of aliphatic hydroxyl groups excluding tert-OH is 1. The minimum Gasteiger partial charge on any atom is -0.396 e. The van der Waals surface area contributed by atoms with Gasteiger partial charge < -0.3 is 14.8 Å². The van der Waals surface area contributed by atoms with Gasteiger partial charge >= 0.3 is 0 Å². The summed E-state index contributed by atoms with van der Waals surface area (Å²) in [6.07, 6.45) is 5.42. The van der Waals surface area contributed by atoms with Gasteiger partial charge in [0.1, 0.15) is 5.65 Å². The standard InChI is InChI=1S/C33H33ClN4O4S/c1-23-5-4-18-37-22-31(36-32(23)37)26-10-8-24(9-11-26)21-28(17-20-39)35-33(40)27-12-14-29(15-13-27)38(43(41)42)19-16-25-6-2-3-7-30(25)34/h2-15,18,22,28,39H,16-17,19-21H2,1H3,(H,35,40)(H,41,42). The Kier molecular flexibility index (Phi) is 9.89. The number of carbonyl (C=O) groups excluding carboxylic acids is 1. The zero-order chi connectivity index (χ0) is 30.3. The number of anilines is 1. The van der Waals surface area contributed by atoms with Crippen molar-refractivity contribution in [2.75, 3.05) is 17.5 Å². The maximum Gasteiger partial charge on any atom is 0.261 e. The van der Waals surface area contributed by atoms with Gasteiger partial charge in [-0.2, -0.15) is 0 Å². The van der Waals surface area contributed by atoms with E-state index < -0.39 is 11.3 Å². The Morgan fingerprint density at radius 1 is 1.05 bits per heavy atom. The molecule has 1 amide bonds. The van der Waals surface area contributed by atoms with Gasteiger partial charge in [0, 0.05) is 47.7 Å². The Hall–Kier alpha value is -4.02. The lowest BCUT2D eigenvalue weighted by Gasteiger charge is -2.21. The summed E-state index contributed by atoms with van der Waals surface area (Å²) in [6.45, 7) is 2.24. The molecule has 0 spiro atoms. The van der Waals surface area contributed by atoms with Crippen LogP contribution in [0.1, 0.15) is 33.5 Å². The van der Waals surface area contributed by atoms with Crippen LogP contribution < -0.4 is 9.62 Å². The third-order valence-electron chi connectivity index (χ3n) is 7.37. The first-order chi connectivity index (χ1) is 20.8. The Morgan fingerprint density at radius 2 is 1.79 bits per heavy atom. The molecule has 3 N–H and O–H groups in total. The first-order valence-corrected chi connectivity index (χ1v) is 15.4. The number of rotatable bonds is 12. The number of imidazole rings is 1. The number of benzene rings is 3. The number of aryl methyl sites for hydroxylation is 1. The van der Waals surface area contributed by atoms with Crippen LogP contribution in [0.5, 0.6) is 0 Å². The van der Waals surface area contributed by atoms with Crippen LogP contribution in [0.4, 0.5) is 5.69 Å². The van der Waals surface area contributed by atoms with Gasteiger partial charge in [-0.1, -0.05) is 60.1 Å². The lowest BCUT2D eigenvalue weighted by Crippen LogP contribution is -2.37. The van der Waals surface area contributed by atoms with E-state index in [2.05, 4.69) is 5.32 Å². The molecule has 10 heteroatoms. The minimum atomic E-state index is -2.25. The van der Waals surface area contributed by atoms with Crippen molar-refractivity contribution in [2.24, 2.45) is 0 Å². The zero-order valence-electron chi connectivity index (χ0n) is 23.7. The van der Waals surface area contributed by atoms with Crippen molar-refractivity contribution in [1.82, 2.24) is 14.7 Å². The molecular weight excluding hydrogens is 584 g/mol. The predicted molar refractivity (Wildman–Crippen MR) is 172 cm³/mol. The van der Waals surface area contributed by atoms with E-state index in [-0.39, 0.29) is 25.1 Å². The number of nitrogens with zero attached hydrogens (tertiary/aromatic N) is 3. The molecule has 43 heavy (non-hydrogen) atoms. The second-order valence-electron chi connectivity index (χ2n) is 10.4. The lowest BCUT2D eigenvalue weighted by molar-refractivity contribution is 0.0930. The van der Waals surface area contributed by atoms with Crippen LogP contribution >= 0.6 is 11.6 Å². The largest absolute Gasteiger partial charge is 0.396 e. The number of aromatic nitrogens is 2. The highest BCUT2D eigenvalue weighted by Crippen LogP contribution is 2.23. The number of pyridine rings is 1. The maximum absolute atomic E-state index is 13.1. The molecule has 0 aliphatic heterocycles. The molecule has 3 aromatic carbocycles. The highest BCUT2D eigenvalue weighted by molar-refractivity contribution is 7.80. The fourth-order valence-corrected chi connectivity index (χ4v) is 5.82. The Bertz CT molecular complexity index is 1720. The Morgan fingerprint density at radius 3 is 2.47 bits per heavy atom. The summed E-state index contributed by atoms with van der Waals surface area (Å²) in [4.78, 5) is 17.9. The van der Waals surface area contributed by atoms with Crippen molar-refractivity contribution in [3.63, 3.8) is 0 Å². The molecule has 0 saturated carbocycles. The van der Waals surface area contributed by atoms with Crippen LogP contribution in [0.3, 0.4) is 0 Å². The maximum atomic E-state index is 13.1. The molecule has 5 rings (SSSR count). The van der Waals surface area contributed by atoms with Crippen LogP contribution in [0, 0.1) is 6.92 Å². The van der Waals surface area contributed by atoms with Gasteiger partial charge in [-0.3, -0.25) is 13.7 Å². The number of hydrogen-bond donors (Lipinski definition) is 3. The topological polar surface area (TPSA) is 107 Å². The highest BCUT2D eigenvalue weighted by Gasteiger charge is 2.17. The Balaban J connectivity index is 1.22. The Labute approximate surface area is 258 Å². The average Bonchev–Trinajstić information content (AvgIpc) is 3.45. The molecule has 2 heterocycles. The fourth-order valence-electron chi connectivity index (χ4n) is 5.04. The summed E-state index contributed by atoms with van der Waals surface area (Å²) in [6, 6.07) is 25.8. The molecule has 2 unspecified atom stereocenters. The van der Waals surface area contributed by atoms with Crippen LogP contribution in [-0.2, 0) is 24.1 Å². The van der Waals surface area contributed by atoms with Gasteiger partial charge in [0.25, 0.3) is 17.2 Å². The summed E-state index contributed by atoms with van der Waals surface area (Å²) in [5.74, 6) is -0.283. The van der Waals surface area contributed by atoms with Crippen molar-refractivity contribution in [2.45, 2.75) is 32.2 Å². The van der Waals surface area contributed by atoms with Crippen molar-refractivity contribution in [1.29, 1.82) is 0 Å². The van der Waals surface area contributed by atoms with E-state index in [9.17, 15) is 18.7 Å². The van der Waals surface area contributed by atoms with Crippen molar-refractivity contribution in [3.05, 3.63) is 125 Å². The summed E-state index contributed by atoms with van der Waals surface area (Å²) >= 11 is 3.99. The second kappa shape index (κ2) is 14.0. The monoisotopic (exact) mass is 616 g/mol. The molecule has 0 aliphatic carbocycles. The van der Waals surface area contributed by atoms with Gasteiger partial charge in [0.2, 0.25) is 0 Å². The normalized spacial score (nSPS) is 12.7. The molecule has 5 aromatic rings. The van der Waals surface area contributed by atoms with E-state index in [1.165, 1.54) is 4.31 Å². The molecule has 0 saturated heterocycles. The van der Waals surface area contributed by atoms with Crippen LogP contribution in [0.2, 0.25) is 5.02 Å². The molecule has 2 aromatic heterocycles. The molecule has 0 bridgehead atoms. The van der Waals surface area contributed by atoms with E-state index in [1.807, 2.05) is 78.3 Å². The van der Waals surface area contributed by atoms with E-state index in [4.69, 9.17) is 16.6 Å². The first-order valence-electron chi connectivity index (χ1n) is 14.0. The molecular formula is C33H33ClN4O4S. The van der Waals surface area contributed by atoms with Crippen molar-refractivity contribution in [3.8, 4) is 11.3 Å². The van der Waals surface area contributed by atoms with Gasteiger partial charge in [-0.15, -0.1) is 0 Å². The quantitative estimate of drug-likeness (QED) is 0.152. The molecule has 2 atom stereocenters. The molecule has 222 valence electrons. The minimum absolute atomic E-state index is 0.0642.